The summed E-state index contributed by atoms with van der Waals surface area (Å²) in [4.78, 5) is 22.6. The summed E-state index contributed by atoms with van der Waals surface area (Å²) in [6, 6.07) is 4.57. The van der Waals surface area contributed by atoms with Crippen molar-refractivity contribution in [2.45, 2.75) is 32.4 Å². The maximum Gasteiger partial charge on any atom is 0.387 e. The Balaban J connectivity index is 1.60. The first-order valence-electron chi connectivity index (χ1n) is 8.61. The molecule has 2 aromatic rings. The third kappa shape index (κ3) is 5.26. The summed E-state index contributed by atoms with van der Waals surface area (Å²) in [6.07, 6.45) is 5.90. The second kappa shape index (κ2) is 8.94. The summed E-state index contributed by atoms with van der Waals surface area (Å²) in [7, 11) is 0. The van der Waals surface area contributed by atoms with Crippen LogP contribution in [0, 0.1) is 0 Å². The second-order valence-corrected chi connectivity index (χ2v) is 6.53. The van der Waals surface area contributed by atoms with E-state index in [-0.39, 0.29) is 11.7 Å². The zero-order valence-corrected chi connectivity index (χ0v) is 15.3. The van der Waals surface area contributed by atoms with E-state index < -0.39 is 6.61 Å². The van der Waals surface area contributed by atoms with E-state index in [1.807, 2.05) is 4.90 Å². The fraction of sp³-hybridized carbons (Fsp3) is 0.389. The normalized spacial score (nSPS) is 14.3. The Labute approximate surface area is 160 Å². The zero-order valence-electron chi connectivity index (χ0n) is 14.5. The number of ether oxygens (including phenoxy) is 1. The maximum atomic E-state index is 12.5. The van der Waals surface area contributed by atoms with Crippen molar-refractivity contribution in [1.29, 1.82) is 0 Å². The fourth-order valence-corrected chi connectivity index (χ4v) is 3.06. The van der Waals surface area contributed by atoms with Gasteiger partial charge in [-0.25, -0.2) is 4.98 Å². The van der Waals surface area contributed by atoms with E-state index in [1.54, 1.807) is 12.1 Å². The first-order valence-corrected chi connectivity index (χ1v) is 8.99. The van der Waals surface area contributed by atoms with Gasteiger partial charge in [-0.05, 0) is 37.5 Å². The minimum Gasteiger partial charge on any atom is -0.433 e. The smallest absolute Gasteiger partial charge is 0.387 e. The van der Waals surface area contributed by atoms with Crippen molar-refractivity contribution in [3.8, 4) is 5.75 Å². The second-order valence-electron chi connectivity index (χ2n) is 6.12. The Morgan fingerprint density at radius 3 is 2.63 bits per heavy atom. The minimum atomic E-state index is -2.88. The molecule has 0 unspecified atom stereocenters. The van der Waals surface area contributed by atoms with Gasteiger partial charge in [0.2, 0.25) is 0 Å². The number of rotatable bonds is 6. The average molecular weight is 397 g/mol. The molecule has 6 nitrogen and oxygen atoms in total. The molecule has 0 saturated carbocycles. The number of aromatic nitrogens is 2. The molecule has 1 amide bonds. The number of nitrogens with one attached hydrogen (secondary N) is 1. The van der Waals surface area contributed by atoms with Crippen molar-refractivity contribution in [3.63, 3.8) is 0 Å². The van der Waals surface area contributed by atoms with Crippen LogP contribution in [0.15, 0.2) is 30.6 Å². The monoisotopic (exact) mass is 396 g/mol. The molecule has 0 aromatic carbocycles. The number of pyridine rings is 2. The third-order valence-corrected chi connectivity index (χ3v) is 4.48. The highest BCUT2D eigenvalue weighted by Crippen LogP contribution is 2.22. The number of hydrogen-bond acceptors (Lipinski definition) is 5. The maximum absolute atomic E-state index is 12.5. The predicted molar refractivity (Wildman–Crippen MR) is 97.2 cm³/mol. The van der Waals surface area contributed by atoms with Gasteiger partial charge in [0.25, 0.3) is 5.91 Å². The van der Waals surface area contributed by atoms with E-state index >= 15 is 0 Å². The molecule has 27 heavy (non-hydrogen) atoms. The minimum absolute atomic E-state index is 0.00881. The Morgan fingerprint density at radius 2 is 2.00 bits per heavy atom. The number of alkyl halides is 2. The first kappa shape index (κ1) is 19.3. The SMILES string of the molecule is O=C(c1cnc(NCc2ccc(OC(F)F)cn2)c(Cl)c1)N1CCCCC1. The van der Waals surface area contributed by atoms with Gasteiger partial charge in [-0.3, -0.25) is 9.78 Å². The lowest BCUT2D eigenvalue weighted by atomic mass is 10.1. The Bertz CT molecular complexity index is 783. The largest absolute Gasteiger partial charge is 0.433 e. The number of hydrogen-bond donors (Lipinski definition) is 1. The summed E-state index contributed by atoms with van der Waals surface area (Å²) in [5.74, 6) is 0.346. The molecule has 1 saturated heterocycles. The van der Waals surface area contributed by atoms with Crippen molar-refractivity contribution in [1.82, 2.24) is 14.9 Å². The summed E-state index contributed by atoms with van der Waals surface area (Å²) in [6.45, 7) is -1.08. The van der Waals surface area contributed by atoms with Crippen LogP contribution in [0.5, 0.6) is 5.75 Å². The van der Waals surface area contributed by atoms with Gasteiger partial charge in [0.05, 0.1) is 29.0 Å². The number of amides is 1. The number of carbonyl (C=O) groups is 1. The Morgan fingerprint density at radius 1 is 1.22 bits per heavy atom. The summed E-state index contributed by atoms with van der Waals surface area (Å²) in [5.41, 5.74) is 1.06. The third-order valence-electron chi connectivity index (χ3n) is 4.19. The van der Waals surface area contributed by atoms with Crippen molar-refractivity contribution in [3.05, 3.63) is 46.9 Å². The number of carbonyl (C=O) groups excluding carboxylic acids is 1. The lowest BCUT2D eigenvalue weighted by molar-refractivity contribution is -0.0500. The van der Waals surface area contributed by atoms with E-state index in [2.05, 4.69) is 20.0 Å². The topological polar surface area (TPSA) is 67.3 Å². The molecule has 2 aromatic heterocycles. The highest BCUT2D eigenvalue weighted by molar-refractivity contribution is 6.33. The van der Waals surface area contributed by atoms with Gasteiger partial charge in [0.1, 0.15) is 11.6 Å². The first-order chi connectivity index (χ1) is 13.0. The van der Waals surface area contributed by atoms with Crippen LogP contribution in [0.25, 0.3) is 0 Å². The number of nitrogens with zero attached hydrogens (tertiary/aromatic N) is 3. The Kier molecular flexibility index (Phi) is 6.39. The quantitative estimate of drug-likeness (QED) is 0.800. The summed E-state index contributed by atoms with van der Waals surface area (Å²) >= 11 is 6.24. The van der Waals surface area contributed by atoms with E-state index in [0.29, 0.717) is 28.6 Å². The highest BCUT2D eigenvalue weighted by Gasteiger charge is 2.19. The lowest BCUT2D eigenvalue weighted by Crippen LogP contribution is -2.35. The molecule has 0 spiro atoms. The molecule has 3 heterocycles. The molecule has 0 radical (unpaired) electrons. The number of halogens is 3. The Hall–Kier alpha value is -2.48. The van der Waals surface area contributed by atoms with Gasteiger partial charge in [0.15, 0.2) is 0 Å². The van der Waals surface area contributed by atoms with Crippen LogP contribution < -0.4 is 10.1 Å². The zero-order chi connectivity index (χ0) is 19.2. The summed E-state index contributed by atoms with van der Waals surface area (Å²) < 4.78 is 28.5. The molecule has 1 aliphatic rings. The highest BCUT2D eigenvalue weighted by atomic mass is 35.5. The number of likely N-dealkylation sites (tertiary alicyclic amines) is 1. The molecule has 144 valence electrons. The molecule has 1 N–H and O–H groups in total. The van der Waals surface area contributed by atoms with Crippen molar-refractivity contribution >= 4 is 23.3 Å². The van der Waals surface area contributed by atoms with Crippen LogP contribution in [0.2, 0.25) is 5.02 Å². The lowest BCUT2D eigenvalue weighted by Gasteiger charge is -2.26. The van der Waals surface area contributed by atoms with Crippen LogP contribution in [-0.4, -0.2) is 40.5 Å². The molecular weight excluding hydrogens is 378 g/mol. The van der Waals surface area contributed by atoms with Crippen molar-refractivity contribution < 1.29 is 18.3 Å². The molecule has 1 fully saturated rings. The van der Waals surface area contributed by atoms with Gasteiger partial charge < -0.3 is 15.0 Å². The predicted octanol–water partition coefficient (Wildman–Crippen LogP) is 3.97. The van der Waals surface area contributed by atoms with Gasteiger partial charge in [0, 0.05) is 19.3 Å². The number of anilines is 1. The van der Waals surface area contributed by atoms with Crippen molar-refractivity contribution in [2.24, 2.45) is 0 Å². The van der Waals surface area contributed by atoms with E-state index in [1.165, 1.54) is 18.5 Å². The molecule has 3 rings (SSSR count). The molecule has 0 aliphatic carbocycles. The number of piperidine rings is 1. The fourth-order valence-electron chi connectivity index (χ4n) is 2.83. The average Bonchev–Trinajstić information content (AvgIpc) is 2.68. The van der Waals surface area contributed by atoms with Crippen molar-refractivity contribution in [2.75, 3.05) is 18.4 Å². The van der Waals surface area contributed by atoms with Crippen LogP contribution in [-0.2, 0) is 6.54 Å². The van der Waals surface area contributed by atoms with E-state index in [9.17, 15) is 13.6 Å². The summed E-state index contributed by atoms with van der Waals surface area (Å²) in [5, 5.41) is 3.34. The van der Waals surface area contributed by atoms with Gasteiger partial charge in [-0.2, -0.15) is 8.78 Å². The molecule has 9 heteroatoms. The van der Waals surface area contributed by atoms with Crippen LogP contribution in [0.4, 0.5) is 14.6 Å². The van der Waals surface area contributed by atoms with Gasteiger partial charge in [-0.1, -0.05) is 11.6 Å². The molecule has 0 atom stereocenters. The van der Waals surface area contributed by atoms with Crippen LogP contribution in [0.1, 0.15) is 35.3 Å². The van der Waals surface area contributed by atoms with Crippen LogP contribution in [0.3, 0.4) is 0 Å². The standard InChI is InChI=1S/C18H19ClF2N4O2/c19-15-8-12(17(26)25-6-2-1-3-7-25)9-23-16(15)24-10-13-4-5-14(11-22-13)27-18(20)21/h4-5,8-9,11,18H,1-3,6-7,10H2,(H,23,24). The molecular formula is C18H19ClF2N4O2. The molecule has 0 bridgehead atoms. The van der Waals surface area contributed by atoms with Gasteiger partial charge >= 0.3 is 6.61 Å². The van der Waals surface area contributed by atoms with Crippen LogP contribution >= 0.6 is 11.6 Å². The van der Waals surface area contributed by atoms with E-state index in [4.69, 9.17) is 11.6 Å². The van der Waals surface area contributed by atoms with Gasteiger partial charge in [-0.15, -0.1) is 0 Å². The molecule has 1 aliphatic heterocycles. The van der Waals surface area contributed by atoms with E-state index in [0.717, 1.165) is 32.4 Å².